The van der Waals surface area contributed by atoms with Crippen LogP contribution in [0.4, 0.5) is 0 Å². The fraction of sp³-hybridized carbons (Fsp3) is 0.250. The summed E-state index contributed by atoms with van der Waals surface area (Å²) in [6.45, 7) is 0.221. The quantitative estimate of drug-likeness (QED) is 0.769. The highest BCUT2D eigenvalue weighted by Crippen LogP contribution is 2.27. The van der Waals surface area contributed by atoms with Crippen LogP contribution in [0.5, 0.6) is 5.75 Å². The average Bonchev–Trinajstić information content (AvgIpc) is 2.07. The van der Waals surface area contributed by atoms with Crippen LogP contribution in [-0.2, 0) is 4.74 Å². The van der Waals surface area contributed by atoms with Gasteiger partial charge in [-0.3, -0.25) is 0 Å². The molecule has 0 aliphatic carbocycles. The first kappa shape index (κ1) is 9.84. The Labute approximate surface area is 84.6 Å². The van der Waals surface area contributed by atoms with Gasteiger partial charge < -0.3 is 9.47 Å². The van der Waals surface area contributed by atoms with Crippen LogP contribution >= 0.6 is 27.5 Å². The first-order valence-electron chi connectivity index (χ1n) is 3.31. The van der Waals surface area contributed by atoms with E-state index in [1.54, 1.807) is 19.2 Å². The van der Waals surface area contributed by atoms with E-state index in [2.05, 4.69) is 15.9 Å². The van der Waals surface area contributed by atoms with Crippen molar-refractivity contribution in [3.05, 3.63) is 27.7 Å². The number of methoxy groups -OCH3 is 1. The molecule has 0 atom stereocenters. The molecule has 1 rings (SSSR count). The standard InChI is InChI=1S/C8H8BrClO2/c1-11-5-12-8-4-6(10)2-3-7(8)9/h2-4H,5H2,1H3. The lowest BCUT2D eigenvalue weighted by Crippen LogP contribution is -1.99. The van der Waals surface area contributed by atoms with E-state index in [-0.39, 0.29) is 6.79 Å². The Kier molecular flexibility index (Phi) is 3.85. The number of hydrogen-bond donors (Lipinski definition) is 0. The maximum Gasteiger partial charge on any atom is 0.188 e. The van der Waals surface area contributed by atoms with Gasteiger partial charge in [0.2, 0.25) is 0 Å². The third kappa shape index (κ3) is 2.66. The third-order valence-electron chi connectivity index (χ3n) is 1.23. The fourth-order valence-corrected chi connectivity index (χ4v) is 1.23. The molecule has 0 aliphatic heterocycles. The van der Waals surface area contributed by atoms with Gasteiger partial charge in [0.1, 0.15) is 5.75 Å². The number of hydrogen-bond acceptors (Lipinski definition) is 2. The zero-order valence-electron chi connectivity index (χ0n) is 6.51. The second-order valence-corrected chi connectivity index (χ2v) is 3.42. The Bertz CT molecular complexity index is 265. The van der Waals surface area contributed by atoms with Gasteiger partial charge in [-0.25, -0.2) is 0 Å². The van der Waals surface area contributed by atoms with E-state index < -0.39 is 0 Å². The van der Waals surface area contributed by atoms with Crippen LogP contribution in [-0.4, -0.2) is 13.9 Å². The Morgan fingerprint density at radius 1 is 1.50 bits per heavy atom. The minimum atomic E-state index is 0.221. The Balaban J connectivity index is 2.75. The maximum atomic E-state index is 5.75. The molecule has 0 amide bonds. The minimum absolute atomic E-state index is 0.221. The molecule has 1 aromatic rings. The topological polar surface area (TPSA) is 18.5 Å². The highest BCUT2D eigenvalue weighted by atomic mass is 79.9. The molecule has 0 unspecified atom stereocenters. The SMILES string of the molecule is COCOc1cc(Cl)ccc1Br. The van der Waals surface area contributed by atoms with Gasteiger partial charge in [0, 0.05) is 18.2 Å². The van der Waals surface area contributed by atoms with Crippen molar-refractivity contribution < 1.29 is 9.47 Å². The molecule has 0 fully saturated rings. The lowest BCUT2D eigenvalue weighted by atomic mass is 10.3. The van der Waals surface area contributed by atoms with Crippen LogP contribution in [0.15, 0.2) is 22.7 Å². The van der Waals surface area contributed by atoms with Crippen LogP contribution in [0, 0.1) is 0 Å². The van der Waals surface area contributed by atoms with Crippen molar-refractivity contribution in [2.24, 2.45) is 0 Å². The molecule has 0 aliphatic rings. The normalized spacial score (nSPS) is 9.92. The van der Waals surface area contributed by atoms with Gasteiger partial charge in [-0.1, -0.05) is 11.6 Å². The lowest BCUT2D eigenvalue weighted by molar-refractivity contribution is 0.0506. The summed E-state index contributed by atoms with van der Waals surface area (Å²) in [6, 6.07) is 5.34. The van der Waals surface area contributed by atoms with Crippen LogP contribution in [0.25, 0.3) is 0 Å². The molecule has 0 saturated heterocycles. The van der Waals surface area contributed by atoms with Crippen molar-refractivity contribution in [3.63, 3.8) is 0 Å². The summed E-state index contributed by atoms with van der Waals surface area (Å²) in [5, 5.41) is 0.643. The molecule has 0 saturated carbocycles. The van der Waals surface area contributed by atoms with Gasteiger partial charge in [-0.05, 0) is 28.1 Å². The lowest BCUT2D eigenvalue weighted by Gasteiger charge is -2.06. The summed E-state index contributed by atoms with van der Waals surface area (Å²) >= 11 is 9.08. The van der Waals surface area contributed by atoms with Gasteiger partial charge in [-0.15, -0.1) is 0 Å². The van der Waals surface area contributed by atoms with Gasteiger partial charge in [0.05, 0.1) is 4.47 Å². The predicted octanol–water partition coefficient (Wildman–Crippen LogP) is 3.09. The molecule has 0 aromatic heterocycles. The smallest absolute Gasteiger partial charge is 0.188 e. The summed E-state index contributed by atoms with van der Waals surface area (Å²) in [4.78, 5) is 0. The molecule has 12 heavy (non-hydrogen) atoms. The van der Waals surface area contributed by atoms with E-state index in [1.807, 2.05) is 6.07 Å². The Morgan fingerprint density at radius 3 is 2.92 bits per heavy atom. The molecule has 4 heteroatoms. The molecule has 2 nitrogen and oxygen atoms in total. The zero-order valence-corrected chi connectivity index (χ0v) is 8.85. The molecule has 0 bridgehead atoms. The molecule has 0 N–H and O–H groups in total. The van der Waals surface area contributed by atoms with Gasteiger partial charge in [0.25, 0.3) is 0 Å². The van der Waals surface area contributed by atoms with Crippen molar-refractivity contribution in [2.45, 2.75) is 0 Å². The Morgan fingerprint density at radius 2 is 2.25 bits per heavy atom. The van der Waals surface area contributed by atoms with Crippen LogP contribution in [0.1, 0.15) is 0 Å². The van der Waals surface area contributed by atoms with Crippen LogP contribution in [0.2, 0.25) is 5.02 Å². The number of rotatable bonds is 3. The average molecular weight is 252 g/mol. The van der Waals surface area contributed by atoms with Crippen molar-refractivity contribution in [2.75, 3.05) is 13.9 Å². The fourth-order valence-electron chi connectivity index (χ4n) is 0.710. The number of ether oxygens (including phenoxy) is 2. The molecule has 0 radical (unpaired) electrons. The van der Waals surface area contributed by atoms with E-state index in [4.69, 9.17) is 21.1 Å². The first-order chi connectivity index (χ1) is 5.74. The first-order valence-corrected chi connectivity index (χ1v) is 4.48. The van der Waals surface area contributed by atoms with Gasteiger partial charge in [-0.2, -0.15) is 0 Å². The highest BCUT2D eigenvalue weighted by Gasteiger charge is 2.00. The van der Waals surface area contributed by atoms with Crippen molar-refractivity contribution in [1.29, 1.82) is 0 Å². The Hall–Kier alpha value is -0.250. The molecular formula is C8H8BrClO2. The summed E-state index contributed by atoms with van der Waals surface area (Å²) in [6.07, 6.45) is 0. The molecule has 0 heterocycles. The third-order valence-corrected chi connectivity index (χ3v) is 2.12. The number of halogens is 2. The van der Waals surface area contributed by atoms with Crippen molar-refractivity contribution in [1.82, 2.24) is 0 Å². The second-order valence-electron chi connectivity index (χ2n) is 2.13. The zero-order chi connectivity index (χ0) is 8.97. The van der Waals surface area contributed by atoms with Crippen LogP contribution in [0.3, 0.4) is 0 Å². The minimum Gasteiger partial charge on any atom is -0.466 e. The molecular weight excluding hydrogens is 243 g/mol. The van der Waals surface area contributed by atoms with Gasteiger partial charge in [0.15, 0.2) is 6.79 Å². The van der Waals surface area contributed by atoms with E-state index in [0.29, 0.717) is 10.8 Å². The van der Waals surface area contributed by atoms with E-state index in [1.165, 1.54) is 0 Å². The molecule has 1 aromatic carbocycles. The van der Waals surface area contributed by atoms with E-state index in [0.717, 1.165) is 4.47 Å². The molecule has 0 spiro atoms. The summed E-state index contributed by atoms with van der Waals surface area (Å²) in [7, 11) is 1.57. The van der Waals surface area contributed by atoms with E-state index >= 15 is 0 Å². The van der Waals surface area contributed by atoms with E-state index in [9.17, 15) is 0 Å². The van der Waals surface area contributed by atoms with Crippen LogP contribution < -0.4 is 4.74 Å². The molecule has 66 valence electrons. The van der Waals surface area contributed by atoms with Gasteiger partial charge >= 0.3 is 0 Å². The number of benzene rings is 1. The maximum absolute atomic E-state index is 5.75. The summed E-state index contributed by atoms with van der Waals surface area (Å²) in [5.41, 5.74) is 0. The largest absolute Gasteiger partial charge is 0.466 e. The van der Waals surface area contributed by atoms with Crippen molar-refractivity contribution in [3.8, 4) is 5.75 Å². The predicted molar refractivity (Wildman–Crippen MR) is 51.7 cm³/mol. The summed E-state index contributed by atoms with van der Waals surface area (Å²) < 4.78 is 10.8. The highest BCUT2D eigenvalue weighted by molar-refractivity contribution is 9.10. The van der Waals surface area contributed by atoms with Crippen molar-refractivity contribution >= 4 is 27.5 Å². The second kappa shape index (κ2) is 4.70. The summed E-state index contributed by atoms with van der Waals surface area (Å²) in [5.74, 6) is 0.685. The monoisotopic (exact) mass is 250 g/mol.